The summed E-state index contributed by atoms with van der Waals surface area (Å²) in [4.78, 5) is 37.8. The fourth-order valence-corrected chi connectivity index (χ4v) is 2.14. The second-order valence-electron chi connectivity index (χ2n) is 3.59. The Balaban J connectivity index is 0.000000173. The summed E-state index contributed by atoms with van der Waals surface area (Å²) >= 11 is 4.71. The molecule has 0 spiro atoms. The maximum Gasteiger partial charge on any atom is 0.346 e. The molecule has 0 amide bonds. The summed E-state index contributed by atoms with van der Waals surface area (Å²) in [5, 5.41) is 0. The van der Waals surface area contributed by atoms with Crippen molar-refractivity contribution in [3.8, 4) is 0 Å². The lowest BCUT2D eigenvalue weighted by Crippen LogP contribution is -2.18. The van der Waals surface area contributed by atoms with Gasteiger partial charge in [-0.25, -0.2) is 14.1 Å². The number of nitrogens with zero attached hydrogens (tertiary/aromatic N) is 4. The van der Waals surface area contributed by atoms with Gasteiger partial charge in [-0.15, -0.1) is 0 Å². The van der Waals surface area contributed by atoms with Gasteiger partial charge in [0.05, 0.1) is 6.33 Å². The van der Waals surface area contributed by atoms with Crippen molar-refractivity contribution >= 4 is 42.2 Å². The molecule has 0 unspecified atom stereocenters. The molecule has 0 radical (unpaired) electrons. The van der Waals surface area contributed by atoms with Crippen molar-refractivity contribution in [2.45, 2.75) is 0 Å². The topological polar surface area (TPSA) is 161 Å². The quantitative estimate of drug-likeness (QED) is 0.424. The van der Waals surface area contributed by atoms with Crippen molar-refractivity contribution in [3.63, 3.8) is 0 Å². The molecule has 3 rings (SSSR count). The van der Waals surface area contributed by atoms with Crippen LogP contribution in [0.2, 0.25) is 0 Å². The predicted molar refractivity (Wildman–Crippen MR) is 81.5 cm³/mol. The van der Waals surface area contributed by atoms with E-state index >= 15 is 0 Å². The number of hydrogen-bond acceptors (Lipinski definition) is 8. The molecule has 0 saturated carbocycles. The number of fused-ring (bicyclic) bond motifs is 1. The average molecular weight is 324 g/mol. The van der Waals surface area contributed by atoms with Crippen LogP contribution < -0.4 is 22.7 Å². The minimum atomic E-state index is -0.412. The zero-order chi connectivity index (χ0) is 15.4. The number of aromatic amines is 2. The second-order valence-corrected chi connectivity index (χ2v) is 4.64. The van der Waals surface area contributed by atoms with Crippen LogP contribution in [0.25, 0.3) is 11.2 Å². The molecular weight excluding hydrogens is 315 g/mol. The summed E-state index contributed by atoms with van der Waals surface area (Å²) in [6.07, 6.45) is 2.84. The zero-order valence-electron chi connectivity index (χ0n) is 10.3. The molecule has 0 aromatic carbocycles. The Morgan fingerprint density at radius 2 is 2.00 bits per heavy atom. The molecular formula is C9H9N8O2PS. The lowest BCUT2D eigenvalue weighted by molar-refractivity contribution is 1.08. The number of nitrogen functional groups attached to an aromatic ring is 2. The number of nitrogens with two attached hydrogens (primary N) is 2. The number of aromatic nitrogens is 6. The molecule has 3 aromatic rings. The van der Waals surface area contributed by atoms with Crippen LogP contribution in [0, 0.1) is 0 Å². The van der Waals surface area contributed by atoms with Crippen molar-refractivity contribution in [1.29, 1.82) is 0 Å². The summed E-state index contributed by atoms with van der Waals surface area (Å²) < 4.78 is 1.18. The minimum absolute atomic E-state index is 0.0845. The van der Waals surface area contributed by atoms with E-state index < -0.39 is 5.69 Å². The van der Waals surface area contributed by atoms with Gasteiger partial charge in [-0.05, 0) is 17.9 Å². The van der Waals surface area contributed by atoms with Crippen LogP contribution in [-0.2, 0) is 11.8 Å². The van der Waals surface area contributed by atoms with Crippen molar-refractivity contribution in [2.75, 3.05) is 11.5 Å². The zero-order valence-corrected chi connectivity index (χ0v) is 12.1. The van der Waals surface area contributed by atoms with Crippen LogP contribution in [-0.4, -0.2) is 29.3 Å². The maximum absolute atomic E-state index is 11.5. The Morgan fingerprint density at radius 1 is 1.24 bits per heavy atom. The fourth-order valence-electron chi connectivity index (χ4n) is 1.36. The molecule has 0 atom stereocenters. The van der Waals surface area contributed by atoms with E-state index in [0.29, 0.717) is 18.7 Å². The van der Waals surface area contributed by atoms with Gasteiger partial charge in [-0.2, -0.15) is 9.97 Å². The van der Waals surface area contributed by atoms with Crippen LogP contribution in [0.1, 0.15) is 0 Å². The first-order chi connectivity index (χ1) is 10.0. The number of H-pyrrole nitrogens is 2. The Bertz CT molecular complexity index is 900. The van der Waals surface area contributed by atoms with Gasteiger partial charge in [-0.3, -0.25) is 4.79 Å². The molecule has 108 valence electrons. The number of anilines is 2. The Labute approximate surface area is 123 Å². The summed E-state index contributed by atoms with van der Waals surface area (Å²) in [5.74, 6) is 0.329. The number of hydrogen-bond donors (Lipinski definition) is 4. The van der Waals surface area contributed by atoms with Gasteiger partial charge >= 0.3 is 5.69 Å². The number of rotatable bonds is 1. The Hall–Kier alpha value is -2.65. The Morgan fingerprint density at radius 3 is 2.57 bits per heavy atom. The van der Waals surface area contributed by atoms with Crippen LogP contribution >= 0.6 is 7.51 Å². The molecule has 3 heterocycles. The third-order valence-electron chi connectivity index (χ3n) is 2.24. The first-order valence-corrected chi connectivity index (χ1v) is 7.25. The van der Waals surface area contributed by atoms with Crippen LogP contribution in [0.5, 0.6) is 0 Å². The lowest BCUT2D eigenvalue weighted by atomic mass is 10.5. The minimum Gasteiger partial charge on any atom is -0.383 e. The first-order valence-electron chi connectivity index (χ1n) is 5.39. The normalized spacial score (nSPS) is 10.3. The first kappa shape index (κ1) is 14.8. The fraction of sp³-hybridized carbons (Fsp3) is 0. The van der Waals surface area contributed by atoms with Crippen LogP contribution in [0.15, 0.2) is 28.2 Å². The molecule has 0 aliphatic rings. The molecule has 0 aliphatic carbocycles. The third kappa shape index (κ3) is 3.27. The van der Waals surface area contributed by atoms with Crippen molar-refractivity contribution in [3.05, 3.63) is 39.4 Å². The van der Waals surface area contributed by atoms with Crippen molar-refractivity contribution in [1.82, 2.24) is 29.3 Å². The van der Waals surface area contributed by atoms with Gasteiger partial charge in [0.2, 0.25) is 5.95 Å². The van der Waals surface area contributed by atoms with Gasteiger partial charge < -0.3 is 21.4 Å². The molecule has 10 nitrogen and oxygen atoms in total. The maximum atomic E-state index is 11.5. The van der Waals surface area contributed by atoms with E-state index in [9.17, 15) is 9.59 Å². The largest absolute Gasteiger partial charge is 0.383 e. The molecule has 0 aliphatic heterocycles. The van der Waals surface area contributed by atoms with Crippen molar-refractivity contribution in [2.24, 2.45) is 0 Å². The van der Waals surface area contributed by atoms with Gasteiger partial charge in [0.25, 0.3) is 5.56 Å². The Kier molecular flexibility index (Phi) is 4.36. The highest BCUT2D eigenvalue weighted by Gasteiger charge is 2.08. The summed E-state index contributed by atoms with van der Waals surface area (Å²) in [5.41, 5.74) is 10.5. The van der Waals surface area contributed by atoms with Crippen LogP contribution in [0.4, 0.5) is 11.8 Å². The van der Waals surface area contributed by atoms with Crippen molar-refractivity contribution < 1.29 is 0 Å². The second kappa shape index (κ2) is 6.20. The standard InChI is InChI=1S/C5H4N5OPS.C4H5N3O/c6-5-9-3-2(7-1-8-3)4(11)10(5)12-13;5-3-1-2-6-4(8)7-3/h1H,(H2,6,9)(H,7,8);1-2H,(H3,5,6,7,8). The van der Waals surface area contributed by atoms with E-state index in [-0.39, 0.29) is 17.3 Å². The summed E-state index contributed by atoms with van der Waals surface area (Å²) in [6.45, 7) is 0. The third-order valence-corrected chi connectivity index (χ3v) is 3.28. The summed E-state index contributed by atoms with van der Waals surface area (Å²) in [6, 6.07) is 1.52. The smallest absolute Gasteiger partial charge is 0.346 e. The highest BCUT2D eigenvalue weighted by molar-refractivity contribution is 7.95. The van der Waals surface area contributed by atoms with E-state index in [4.69, 9.17) is 23.3 Å². The van der Waals surface area contributed by atoms with Gasteiger partial charge in [0.15, 0.2) is 11.2 Å². The highest BCUT2D eigenvalue weighted by atomic mass is 32.4. The van der Waals surface area contributed by atoms with E-state index in [0.717, 1.165) is 0 Å². The average Bonchev–Trinajstić information content (AvgIpc) is 2.88. The molecule has 21 heavy (non-hydrogen) atoms. The monoisotopic (exact) mass is 324 g/mol. The molecule has 12 heteroatoms. The highest BCUT2D eigenvalue weighted by Crippen LogP contribution is 2.08. The van der Waals surface area contributed by atoms with E-state index in [2.05, 4.69) is 24.9 Å². The molecule has 3 aromatic heterocycles. The molecule has 0 saturated heterocycles. The molecule has 0 fully saturated rings. The van der Waals surface area contributed by atoms with E-state index in [1.807, 2.05) is 0 Å². The predicted octanol–water partition coefficient (Wildman–Crippen LogP) is -0.775. The van der Waals surface area contributed by atoms with E-state index in [1.165, 1.54) is 22.9 Å². The van der Waals surface area contributed by atoms with E-state index in [1.54, 1.807) is 0 Å². The SMILES string of the molecule is Nc1cc[nH]c(=O)n1.Nc1nc2nc[nH]c2c(=O)n1P=S. The van der Waals surface area contributed by atoms with Crippen LogP contribution in [0.3, 0.4) is 0 Å². The van der Waals surface area contributed by atoms with Gasteiger partial charge in [-0.1, -0.05) is 0 Å². The lowest BCUT2D eigenvalue weighted by Gasteiger charge is -1.98. The number of nitrogens with one attached hydrogen (secondary N) is 2. The molecule has 0 bridgehead atoms. The molecule has 6 N–H and O–H groups in total. The van der Waals surface area contributed by atoms with Gasteiger partial charge in [0, 0.05) is 6.20 Å². The van der Waals surface area contributed by atoms with Gasteiger partial charge in [0.1, 0.15) is 13.3 Å². The number of imidazole rings is 1. The summed E-state index contributed by atoms with van der Waals surface area (Å²) in [7, 11) is 0.324.